The first-order chi connectivity index (χ1) is 4.81. The molecule has 0 saturated carbocycles. The summed E-state index contributed by atoms with van der Waals surface area (Å²) in [5, 5.41) is 0. The third kappa shape index (κ3) is 20.2. The summed E-state index contributed by atoms with van der Waals surface area (Å²) in [6.45, 7) is 0. The van der Waals surface area contributed by atoms with E-state index in [9.17, 15) is 0 Å². The van der Waals surface area contributed by atoms with Crippen molar-refractivity contribution in [1.82, 2.24) is 0 Å². The van der Waals surface area contributed by atoms with Gasteiger partial charge in [-0.3, -0.25) is 0 Å². The zero-order valence-corrected chi connectivity index (χ0v) is 15.2. The van der Waals surface area contributed by atoms with Crippen molar-refractivity contribution in [2.75, 3.05) is 0 Å². The molecule has 0 aliphatic heterocycles. The van der Waals surface area contributed by atoms with Crippen LogP contribution in [0, 0.1) is 0 Å². The van der Waals surface area contributed by atoms with Gasteiger partial charge in [0.2, 0.25) is 0 Å². The molecule has 0 spiro atoms. The van der Waals surface area contributed by atoms with Gasteiger partial charge in [-0.15, -0.1) is 37.2 Å². The molecule has 1 rings (SSSR count). The first-order valence-electron chi connectivity index (χ1n) is 3.37. The monoisotopic (exact) mass is 309 g/mol. The first-order valence-corrected chi connectivity index (χ1v) is 6.96. The fourth-order valence-electron chi connectivity index (χ4n) is 0.447. The molecule has 0 fully saturated rings. The van der Waals surface area contributed by atoms with Gasteiger partial charge in [0.25, 0.3) is 0 Å². The average molecular weight is 310 g/mol. The molecule has 13 heavy (non-hydrogen) atoms. The molecule has 0 unspecified atom stereocenters. The molecule has 1 nitrogen and oxygen atoms in total. The minimum atomic E-state index is -0.0139. The summed E-state index contributed by atoms with van der Waals surface area (Å²) < 4.78 is 6.29. The summed E-state index contributed by atoms with van der Waals surface area (Å²) in [5.41, 5.74) is 0. The standard InChI is InChI=1S/C5H5.CH3.2Al.3ClH.O.Ti.3H/c1-2-4-5-3-1;;;;;;;;;;;/h1-3H,4H2;1H3;;;3*1H;;;;;. The third-order valence-corrected chi connectivity index (χ3v) is 3.95. The molecular formula is C6H14Al2Cl3OTi. The van der Waals surface area contributed by atoms with Crippen LogP contribution < -0.4 is 0 Å². The topological polar surface area (TPSA) is 9.23 Å². The Morgan fingerprint density at radius 2 is 1.92 bits per heavy atom. The Labute approximate surface area is 126 Å². The SMILES string of the molecule is Cl.Cl.Cl.[CH3][AlH][O][AlH2].[Ti][C]1=CC=CC1. The Balaban J connectivity index is -0.0000000536. The molecule has 1 aliphatic rings. The molecule has 0 heterocycles. The summed E-state index contributed by atoms with van der Waals surface area (Å²) in [6.07, 6.45) is 7.56. The van der Waals surface area contributed by atoms with Crippen molar-refractivity contribution in [1.29, 1.82) is 0 Å². The maximum atomic E-state index is 4.82. The van der Waals surface area contributed by atoms with E-state index in [2.05, 4.69) is 44.4 Å². The van der Waals surface area contributed by atoms with Crippen LogP contribution in [0.1, 0.15) is 6.42 Å². The second kappa shape index (κ2) is 19.6. The Hall–Kier alpha value is 2.09. The summed E-state index contributed by atoms with van der Waals surface area (Å²) in [6, 6.07) is 0. The van der Waals surface area contributed by atoms with Crippen molar-refractivity contribution < 1.29 is 23.3 Å². The summed E-state index contributed by atoms with van der Waals surface area (Å²) in [4.78, 5) is 0. The van der Waals surface area contributed by atoms with Crippen molar-refractivity contribution in [3.05, 3.63) is 22.1 Å². The molecule has 0 aromatic carbocycles. The van der Waals surface area contributed by atoms with E-state index in [1.54, 1.807) is 0 Å². The molecule has 0 aromatic rings. The summed E-state index contributed by atoms with van der Waals surface area (Å²) in [5.74, 6) is 2.13. The molecule has 0 aromatic heterocycles. The molecule has 75 valence electrons. The summed E-state index contributed by atoms with van der Waals surface area (Å²) in [7, 11) is 0. The van der Waals surface area contributed by atoms with Gasteiger partial charge in [-0.05, 0) is 0 Å². The van der Waals surface area contributed by atoms with Gasteiger partial charge in [-0.25, -0.2) is 0 Å². The molecule has 0 N–H and O–H groups in total. The van der Waals surface area contributed by atoms with Gasteiger partial charge in [-0.1, -0.05) is 5.79 Å². The van der Waals surface area contributed by atoms with Crippen LogP contribution in [0.2, 0.25) is 5.79 Å². The fourth-order valence-corrected chi connectivity index (χ4v) is 0.782. The van der Waals surface area contributed by atoms with Crippen molar-refractivity contribution in [3.8, 4) is 0 Å². The van der Waals surface area contributed by atoms with E-state index in [0.717, 1.165) is 16.6 Å². The van der Waals surface area contributed by atoms with Gasteiger partial charge in [0.05, 0.1) is 0 Å². The van der Waals surface area contributed by atoms with Crippen molar-refractivity contribution in [2.24, 2.45) is 0 Å². The predicted octanol–water partition coefficient (Wildman–Crippen LogP) is 1.59. The molecule has 1 aliphatic carbocycles. The second-order valence-electron chi connectivity index (χ2n) is 1.90. The second-order valence-corrected chi connectivity index (χ2v) is 5.79. The van der Waals surface area contributed by atoms with Crippen molar-refractivity contribution in [2.45, 2.75) is 12.2 Å². The van der Waals surface area contributed by atoms with Crippen molar-refractivity contribution in [3.63, 3.8) is 0 Å². The number of hydrogen-bond acceptors (Lipinski definition) is 1. The third-order valence-electron chi connectivity index (χ3n) is 1.06. The molecular weight excluding hydrogens is 296 g/mol. The molecule has 0 radical (unpaired) electrons. The van der Waals surface area contributed by atoms with Crippen LogP contribution in [0.5, 0.6) is 0 Å². The predicted molar refractivity (Wildman–Crippen MR) is 66.2 cm³/mol. The van der Waals surface area contributed by atoms with Gasteiger partial charge in [0, 0.05) is 0 Å². The molecule has 0 bridgehead atoms. The average Bonchev–Trinajstić information content (AvgIpc) is 2.40. The molecule has 7 heteroatoms. The maximum absolute atomic E-state index is 4.82. The van der Waals surface area contributed by atoms with E-state index < -0.39 is 0 Å². The van der Waals surface area contributed by atoms with Crippen LogP contribution in [-0.2, 0) is 23.3 Å². The van der Waals surface area contributed by atoms with E-state index in [1.165, 1.54) is 10.3 Å². The molecule has 0 saturated heterocycles. The van der Waals surface area contributed by atoms with Gasteiger partial charge >= 0.3 is 81.1 Å². The van der Waals surface area contributed by atoms with E-state index in [0.29, 0.717) is 0 Å². The quantitative estimate of drug-likeness (QED) is 0.669. The van der Waals surface area contributed by atoms with Crippen LogP contribution >= 0.6 is 37.2 Å². The van der Waals surface area contributed by atoms with Gasteiger partial charge in [0.1, 0.15) is 0 Å². The Morgan fingerprint density at radius 1 is 1.46 bits per heavy atom. The zero-order valence-electron chi connectivity index (χ0n) is 7.78. The first kappa shape index (κ1) is 24.4. The van der Waals surface area contributed by atoms with Crippen LogP contribution in [-0.4, -0.2) is 32.2 Å². The van der Waals surface area contributed by atoms with E-state index in [-0.39, 0.29) is 52.8 Å². The number of rotatable bonds is 1. The van der Waals surface area contributed by atoms with Crippen molar-refractivity contribution >= 4 is 69.4 Å². The number of halogens is 3. The van der Waals surface area contributed by atoms with Crippen LogP contribution in [0.15, 0.2) is 22.1 Å². The Bertz CT molecular complexity index is 142. The fraction of sp³-hybridized carbons (Fsp3) is 0.333. The van der Waals surface area contributed by atoms with Crippen LogP contribution in [0.3, 0.4) is 0 Å². The van der Waals surface area contributed by atoms with E-state index >= 15 is 0 Å². The zero-order chi connectivity index (χ0) is 7.82. The normalized spacial score (nSPS) is 10.3. The summed E-state index contributed by atoms with van der Waals surface area (Å²) >= 11 is 3.08. The van der Waals surface area contributed by atoms with Gasteiger partial charge in [-0.2, -0.15) is 0 Å². The van der Waals surface area contributed by atoms with E-state index in [4.69, 9.17) is 2.84 Å². The molecule has 0 atom stereocenters. The van der Waals surface area contributed by atoms with Crippen LogP contribution in [0.4, 0.5) is 0 Å². The molecule has 0 amide bonds. The van der Waals surface area contributed by atoms with Crippen LogP contribution in [0.25, 0.3) is 0 Å². The number of allylic oxidation sites excluding steroid dienone is 4. The van der Waals surface area contributed by atoms with E-state index in [1.807, 2.05) is 0 Å². The Kier molecular flexibility index (Phi) is 36.8. The Morgan fingerprint density at radius 3 is 2.00 bits per heavy atom. The van der Waals surface area contributed by atoms with Gasteiger partial charge < -0.3 is 2.84 Å². The number of hydrogen-bond donors (Lipinski definition) is 0. The minimum absolute atomic E-state index is 0. The van der Waals surface area contributed by atoms with Gasteiger partial charge in [0.15, 0.2) is 0 Å².